The summed E-state index contributed by atoms with van der Waals surface area (Å²) in [6.07, 6.45) is 8.54. The molecule has 90 valence electrons. The molecule has 2 aliphatic rings. The molecule has 1 aliphatic heterocycles. The van der Waals surface area contributed by atoms with Crippen LogP contribution in [0.2, 0.25) is 0 Å². The fourth-order valence-corrected chi connectivity index (χ4v) is 2.54. The second-order valence-corrected chi connectivity index (χ2v) is 4.96. The van der Waals surface area contributed by atoms with Gasteiger partial charge in [-0.1, -0.05) is 12.2 Å². The molecule has 1 amide bonds. The van der Waals surface area contributed by atoms with E-state index in [0.29, 0.717) is 5.91 Å². The molecule has 0 aromatic carbocycles. The summed E-state index contributed by atoms with van der Waals surface area (Å²) in [5, 5.41) is 0. The van der Waals surface area contributed by atoms with E-state index in [1.54, 1.807) is 0 Å². The molecule has 16 heavy (non-hydrogen) atoms. The molecule has 1 unspecified atom stereocenters. The van der Waals surface area contributed by atoms with Crippen LogP contribution in [0.15, 0.2) is 12.2 Å². The molecule has 2 rings (SSSR count). The zero-order valence-corrected chi connectivity index (χ0v) is 10.2. The van der Waals surface area contributed by atoms with Crippen molar-refractivity contribution in [3.8, 4) is 0 Å². The topological polar surface area (TPSA) is 23.6 Å². The second-order valence-electron chi connectivity index (χ2n) is 4.96. The first-order valence-corrected chi connectivity index (χ1v) is 6.39. The predicted octanol–water partition coefficient (Wildman–Crippen LogP) is 1.51. The van der Waals surface area contributed by atoms with Crippen molar-refractivity contribution < 1.29 is 4.79 Å². The molecular weight excluding hydrogens is 200 g/mol. The maximum atomic E-state index is 12.3. The van der Waals surface area contributed by atoms with E-state index in [-0.39, 0.29) is 5.92 Å². The number of amides is 1. The van der Waals surface area contributed by atoms with Gasteiger partial charge in [-0.05, 0) is 39.3 Å². The van der Waals surface area contributed by atoms with Gasteiger partial charge in [-0.2, -0.15) is 0 Å². The molecule has 1 atom stereocenters. The maximum absolute atomic E-state index is 12.3. The predicted molar refractivity (Wildman–Crippen MR) is 65.2 cm³/mol. The van der Waals surface area contributed by atoms with E-state index in [9.17, 15) is 4.79 Å². The molecule has 0 bridgehead atoms. The molecule has 0 saturated carbocycles. The Bertz CT molecular complexity index is 275. The second kappa shape index (κ2) is 5.48. The van der Waals surface area contributed by atoms with Gasteiger partial charge in [-0.25, -0.2) is 0 Å². The van der Waals surface area contributed by atoms with Crippen LogP contribution in [0.4, 0.5) is 0 Å². The van der Waals surface area contributed by atoms with Crippen LogP contribution in [0, 0.1) is 5.92 Å². The Morgan fingerprint density at radius 2 is 2.06 bits per heavy atom. The Morgan fingerprint density at radius 1 is 1.19 bits per heavy atom. The Labute approximate surface area is 98.1 Å². The minimum absolute atomic E-state index is 0.258. The van der Waals surface area contributed by atoms with E-state index < -0.39 is 0 Å². The summed E-state index contributed by atoms with van der Waals surface area (Å²) in [7, 11) is 2.14. The van der Waals surface area contributed by atoms with Crippen molar-refractivity contribution in [3.05, 3.63) is 12.2 Å². The SMILES string of the molecule is CN1CCCN(C(=O)C2CC=CCC2)CC1. The van der Waals surface area contributed by atoms with Crippen molar-refractivity contribution in [1.82, 2.24) is 9.80 Å². The molecule has 3 nitrogen and oxygen atoms in total. The first-order chi connectivity index (χ1) is 7.77. The fourth-order valence-electron chi connectivity index (χ4n) is 2.54. The average molecular weight is 222 g/mol. The molecule has 1 heterocycles. The minimum atomic E-state index is 0.258. The van der Waals surface area contributed by atoms with E-state index in [4.69, 9.17) is 0 Å². The van der Waals surface area contributed by atoms with Gasteiger partial charge in [0.15, 0.2) is 0 Å². The first-order valence-electron chi connectivity index (χ1n) is 6.39. The van der Waals surface area contributed by atoms with Gasteiger partial charge >= 0.3 is 0 Å². The van der Waals surface area contributed by atoms with Crippen molar-refractivity contribution in [2.24, 2.45) is 5.92 Å². The largest absolute Gasteiger partial charge is 0.341 e. The van der Waals surface area contributed by atoms with Crippen LogP contribution < -0.4 is 0 Å². The van der Waals surface area contributed by atoms with Crippen molar-refractivity contribution in [2.45, 2.75) is 25.7 Å². The summed E-state index contributed by atoms with van der Waals surface area (Å²) in [6, 6.07) is 0. The van der Waals surface area contributed by atoms with Crippen LogP contribution in [0.1, 0.15) is 25.7 Å². The summed E-state index contributed by atoms with van der Waals surface area (Å²) in [4.78, 5) is 16.7. The van der Waals surface area contributed by atoms with Crippen molar-refractivity contribution >= 4 is 5.91 Å². The van der Waals surface area contributed by atoms with Gasteiger partial charge in [0, 0.05) is 25.6 Å². The summed E-state index contributed by atoms with van der Waals surface area (Å²) >= 11 is 0. The lowest BCUT2D eigenvalue weighted by molar-refractivity contribution is -0.135. The van der Waals surface area contributed by atoms with Gasteiger partial charge in [0.05, 0.1) is 0 Å². The molecule has 0 N–H and O–H groups in total. The maximum Gasteiger partial charge on any atom is 0.226 e. The van der Waals surface area contributed by atoms with E-state index >= 15 is 0 Å². The quantitative estimate of drug-likeness (QED) is 0.628. The average Bonchev–Trinajstić information content (AvgIpc) is 2.54. The zero-order chi connectivity index (χ0) is 11.4. The number of rotatable bonds is 1. The Balaban J connectivity index is 1.90. The highest BCUT2D eigenvalue weighted by Crippen LogP contribution is 2.21. The lowest BCUT2D eigenvalue weighted by Gasteiger charge is -2.26. The number of allylic oxidation sites excluding steroid dienone is 2. The number of carbonyl (C=O) groups is 1. The van der Waals surface area contributed by atoms with Crippen LogP contribution in [0.3, 0.4) is 0 Å². The van der Waals surface area contributed by atoms with Crippen molar-refractivity contribution in [3.63, 3.8) is 0 Å². The monoisotopic (exact) mass is 222 g/mol. The normalized spacial score (nSPS) is 27.8. The van der Waals surface area contributed by atoms with Crippen LogP contribution >= 0.6 is 0 Å². The highest BCUT2D eigenvalue weighted by molar-refractivity contribution is 5.79. The summed E-state index contributed by atoms with van der Waals surface area (Å²) < 4.78 is 0. The molecule has 0 spiro atoms. The third-order valence-electron chi connectivity index (χ3n) is 3.65. The van der Waals surface area contributed by atoms with Gasteiger partial charge in [-0.3, -0.25) is 4.79 Å². The highest BCUT2D eigenvalue weighted by Gasteiger charge is 2.25. The van der Waals surface area contributed by atoms with Gasteiger partial charge in [0.25, 0.3) is 0 Å². The van der Waals surface area contributed by atoms with Crippen LogP contribution in [-0.4, -0.2) is 48.9 Å². The molecular formula is C13H22N2O. The van der Waals surface area contributed by atoms with Crippen molar-refractivity contribution in [2.75, 3.05) is 33.2 Å². The fraction of sp³-hybridized carbons (Fsp3) is 0.769. The van der Waals surface area contributed by atoms with Gasteiger partial charge < -0.3 is 9.80 Å². The lowest BCUT2D eigenvalue weighted by atomic mass is 9.93. The van der Waals surface area contributed by atoms with E-state index in [1.807, 2.05) is 0 Å². The highest BCUT2D eigenvalue weighted by atomic mass is 16.2. The zero-order valence-electron chi connectivity index (χ0n) is 10.2. The Kier molecular flexibility index (Phi) is 3.99. The summed E-state index contributed by atoms with van der Waals surface area (Å²) in [6.45, 7) is 4.00. The lowest BCUT2D eigenvalue weighted by Crippen LogP contribution is -2.38. The molecule has 3 heteroatoms. The first kappa shape index (κ1) is 11.6. The van der Waals surface area contributed by atoms with E-state index in [0.717, 1.165) is 51.9 Å². The Morgan fingerprint density at radius 3 is 2.81 bits per heavy atom. The molecule has 0 radical (unpaired) electrons. The van der Waals surface area contributed by atoms with Crippen LogP contribution in [0.25, 0.3) is 0 Å². The number of hydrogen-bond acceptors (Lipinski definition) is 2. The molecule has 1 fully saturated rings. The smallest absolute Gasteiger partial charge is 0.226 e. The van der Waals surface area contributed by atoms with E-state index in [1.165, 1.54) is 0 Å². The van der Waals surface area contributed by atoms with Gasteiger partial charge in [0.2, 0.25) is 5.91 Å². The third kappa shape index (κ3) is 2.85. The number of likely N-dealkylation sites (N-methyl/N-ethyl adjacent to an activating group) is 1. The van der Waals surface area contributed by atoms with Gasteiger partial charge in [0.1, 0.15) is 0 Å². The molecule has 1 aliphatic carbocycles. The van der Waals surface area contributed by atoms with Gasteiger partial charge in [-0.15, -0.1) is 0 Å². The molecule has 0 aromatic heterocycles. The number of hydrogen-bond donors (Lipinski definition) is 0. The molecule has 0 aromatic rings. The standard InChI is InChI=1S/C13H22N2O/c1-14-8-5-9-15(11-10-14)13(16)12-6-3-2-4-7-12/h2-3,12H,4-11H2,1H3. The summed E-state index contributed by atoms with van der Waals surface area (Å²) in [5.41, 5.74) is 0. The molecule has 1 saturated heterocycles. The summed E-state index contributed by atoms with van der Waals surface area (Å²) in [5.74, 6) is 0.646. The van der Waals surface area contributed by atoms with Crippen LogP contribution in [0.5, 0.6) is 0 Å². The minimum Gasteiger partial charge on any atom is -0.341 e. The van der Waals surface area contributed by atoms with Crippen LogP contribution in [-0.2, 0) is 4.79 Å². The third-order valence-corrected chi connectivity index (χ3v) is 3.65. The Hall–Kier alpha value is -0.830. The van der Waals surface area contributed by atoms with E-state index in [2.05, 4.69) is 29.0 Å². The number of carbonyl (C=O) groups excluding carboxylic acids is 1. The van der Waals surface area contributed by atoms with Crippen molar-refractivity contribution in [1.29, 1.82) is 0 Å². The number of nitrogens with zero attached hydrogens (tertiary/aromatic N) is 2.